The van der Waals surface area contributed by atoms with Gasteiger partial charge in [0, 0.05) is 25.4 Å². The molecule has 1 N–H and O–H groups in total. The average Bonchev–Trinajstić information content (AvgIpc) is 3.08. The van der Waals surface area contributed by atoms with Gasteiger partial charge in [-0.3, -0.25) is 4.79 Å². The highest BCUT2D eigenvalue weighted by molar-refractivity contribution is 5.80. The van der Waals surface area contributed by atoms with E-state index in [4.69, 9.17) is 9.47 Å². The van der Waals surface area contributed by atoms with Crippen LogP contribution >= 0.6 is 0 Å². The predicted octanol–water partition coefficient (Wildman–Crippen LogP) is 2.59. The zero-order chi connectivity index (χ0) is 15.2. The zero-order valence-corrected chi connectivity index (χ0v) is 12.9. The minimum absolute atomic E-state index is 0.0240. The highest BCUT2D eigenvalue weighted by Crippen LogP contribution is 2.22. The molecule has 1 atom stereocenters. The topological polar surface area (TPSA) is 60.5 Å². The summed E-state index contributed by atoms with van der Waals surface area (Å²) in [6.45, 7) is 1.18. The van der Waals surface area contributed by atoms with Gasteiger partial charge in [-0.1, -0.05) is 6.42 Å². The molecule has 0 aromatic carbocycles. The van der Waals surface area contributed by atoms with Crippen molar-refractivity contribution in [2.45, 2.75) is 63.7 Å². The fourth-order valence-corrected chi connectivity index (χ4v) is 3.07. The molecule has 3 rings (SSSR count). The lowest BCUT2D eigenvalue weighted by atomic mass is 9.98. The number of amides is 1. The predicted molar refractivity (Wildman–Crippen MR) is 82.6 cm³/mol. The standard InChI is InChI=1S/C17H24N2O3/c20-17(15-7-4-10-21-15)19-12-13-8-9-18-16(11-13)22-14-5-2-1-3-6-14/h8-9,11,14-15H,1-7,10,12H2,(H,19,20)/t15-/m0/s1. The van der Waals surface area contributed by atoms with Crippen LogP contribution in [0.4, 0.5) is 0 Å². The highest BCUT2D eigenvalue weighted by Gasteiger charge is 2.23. The summed E-state index contributed by atoms with van der Waals surface area (Å²) in [5, 5.41) is 2.92. The molecule has 5 nitrogen and oxygen atoms in total. The van der Waals surface area contributed by atoms with Crippen LogP contribution in [-0.4, -0.2) is 29.7 Å². The Morgan fingerprint density at radius 1 is 1.27 bits per heavy atom. The Labute approximate surface area is 131 Å². The molecule has 1 aromatic rings. The summed E-state index contributed by atoms with van der Waals surface area (Å²) in [7, 11) is 0. The van der Waals surface area contributed by atoms with Crippen LogP contribution < -0.4 is 10.1 Å². The minimum atomic E-state index is -0.278. The quantitative estimate of drug-likeness (QED) is 0.908. The zero-order valence-electron chi connectivity index (χ0n) is 12.9. The van der Waals surface area contributed by atoms with Crippen molar-refractivity contribution >= 4 is 5.91 Å². The molecule has 1 amide bonds. The molecule has 5 heteroatoms. The number of nitrogens with one attached hydrogen (secondary N) is 1. The first-order valence-electron chi connectivity index (χ1n) is 8.32. The Hall–Kier alpha value is -1.62. The monoisotopic (exact) mass is 304 g/mol. The van der Waals surface area contributed by atoms with E-state index in [2.05, 4.69) is 10.3 Å². The Bertz CT molecular complexity index is 494. The molecular weight excluding hydrogens is 280 g/mol. The van der Waals surface area contributed by atoms with Crippen molar-refractivity contribution in [3.63, 3.8) is 0 Å². The fourth-order valence-electron chi connectivity index (χ4n) is 3.07. The van der Waals surface area contributed by atoms with Crippen molar-refractivity contribution in [3.05, 3.63) is 23.9 Å². The van der Waals surface area contributed by atoms with Crippen LogP contribution in [0.1, 0.15) is 50.5 Å². The van der Waals surface area contributed by atoms with Gasteiger partial charge in [-0.25, -0.2) is 4.98 Å². The second-order valence-corrected chi connectivity index (χ2v) is 6.10. The lowest BCUT2D eigenvalue weighted by Crippen LogP contribution is -2.33. The van der Waals surface area contributed by atoms with Crippen LogP contribution in [0.5, 0.6) is 5.88 Å². The number of hydrogen-bond acceptors (Lipinski definition) is 4. The van der Waals surface area contributed by atoms with Gasteiger partial charge in [-0.05, 0) is 50.2 Å². The van der Waals surface area contributed by atoms with Crippen molar-refractivity contribution < 1.29 is 14.3 Å². The molecule has 22 heavy (non-hydrogen) atoms. The maximum atomic E-state index is 11.9. The van der Waals surface area contributed by atoms with Crippen LogP contribution in [0, 0.1) is 0 Å². The smallest absolute Gasteiger partial charge is 0.249 e. The van der Waals surface area contributed by atoms with Crippen LogP contribution in [-0.2, 0) is 16.1 Å². The van der Waals surface area contributed by atoms with Crippen molar-refractivity contribution in [1.29, 1.82) is 0 Å². The van der Waals surface area contributed by atoms with Crippen molar-refractivity contribution in [1.82, 2.24) is 10.3 Å². The summed E-state index contributed by atoms with van der Waals surface area (Å²) < 4.78 is 11.3. The van der Waals surface area contributed by atoms with E-state index >= 15 is 0 Å². The van der Waals surface area contributed by atoms with E-state index in [1.807, 2.05) is 12.1 Å². The summed E-state index contributed by atoms with van der Waals surface area (Å²) in [6, 6.07) is 3.83. The maximum Gasteiger partial charge on any atom is 0.249 e. The molecule has 0 spiro atoms. The van der Waals surface area contributed by atoms with Crippen molar-refractivity contribution in [2.75, 3.05) is 6.61 Å². The maximum absolute atomic E-state index is 11.9. The van der Waals surface area contributed by atoms with E-state index in [1.165, 1.54) is 19.3 Å². The van der Waals surface area contributed by atoms with Crippen LogP contribution in [0.25, 0.3) is 0 Å². The largest absolute Gasteiger partial charge is 0.474 e. The third-order valence-corrected chi connectivity index (χ3v) is 4.33. The Kier molecular flexibility index (Phi) is 5.27. The van der Waals surface area contributed by atoms with E-state index in [1.54, 1.807) is 6.20 Å². The van der Waals surface area contributed by atoms with E-state index in [0.29, 0.717) is 19.0 Å². The highest BCUT2D eigenvalue weighted by atomic mass is 16.5. The van der Waals surface area contributed by atoms with Gasteiger partial charge in [0.05, 0.1) is 0 Å². The molecule has 1 saturated heterocycles. The molecule has 1 aliphatic carbocycles. The molecule has 0 radical (unpaired) electrons. The van der Waals surface area contributed by atoms with Crippen LogP contribution in [0.15, 0.2) is 18.3 Å². The number of nitrogens with zero attached hydrogens (tertiary/aromatic N) is 1. The SMILES string of the molecule is O=C(NCc1ccnc(OC2CCCCC2)c1)[C@@H]1CCCO1. The fraction of sp³-hybridized carbons (Fsp3) is 0.647. The minimum Gasteiger partial charge on any atom is -0.474 e. The molecule has 2 fully saturated rings. The van der Waals surface area contributed by atoms with E-state index in [9.17, 15) is 4.79 Å². The lowest BCUT2D eigenvalue weighted by Gasteiger charge is -2.22. The first-order chi connectivity index (χ1) is 10.8. The third-order valence-electron chi connectivity index (χ3n) is 4.33. The van der Waals surface area contributed by atoms with Crippen LogP contribution in [0.3, 0.4) is 0 Å². The van der Waals surface area contributed by atoms with Crippen molar-refractivity contribution in [2.24, 2.45) is 0 Å². The van der Waals surface area contributed by atoms with Crippen molar-refractivity contribution in [3.8, 4) is 5.88 Å². The van der Waals surface area contributed by atoms with Gasteiger partial charge in [0.15, 0.2) is 0 Å². The molecular formula is C17H24N2O3. The van der Waals surface area contributed by atoms with E-state index in [0.717, 1.165) is 31.2 Å². The second-order valence-electron chi connectivity index (χ2n) is 6.10. The van der Waals surface area contributed by atoms with Gasteiger partial charge in [0.2, 0.25) is 11.8 Å². The van der Waals surface area contributed by atoms with Gasteiger partial charge in [0.25, 0.3) is 0 Å². The van der Waals surface area contributed by atoms with Gasteiger partial charge in [-0.2, -0.15) is 0 Å². The lowest BCUT2D eigenvalue weighted by molar-refractivity contribution is -0.130. The average molecular weight is 304 g/mol. The summed E-state index contributed by atoms with van der Waals surface area (Å²) >= 11 is 0. The molecule has 1 aliphatic heterocycles. The number of aromatic nitrogens is 1. The molecule has 2 aliphatic rings. The number of pyridine rings is 1. The first kappa shape index (κ1) is 15.3. The molecule has 0 unspecified atom stereocenters. The van der Waals surface area contributed by atoms with Gasteiger partial charge in [0.1, 0.15) is 12.2 Å². The van der Waals surface area contributed by atoms with Gasteiger partial charge in [-0.15, -0.1) is 0 Å². The summed E-state index contributed by atoms with van der Waals surface area (Å²) in [5.41, 5.74) is 1.01. The first-order valence-corrected chi connectivity index (χ1v) is 8.32. The van der Waals surface area contributed by atoms with Crippen LogP contribution in [0.2, 0.25) is 0 Å². The molecule has 0 bridgehead atoms. The van der Waals surface area contributed by atoms with Gasteiger partial charge < -0.3 is 14.8 Å². The second kappa shape index (κ2) is 7.58. The molecule has 2 heterocycles. The normalized spacial score (nSPS) is 22.5. The number of ether oxygens (including phenoxy) is 2. The third kappa shape index (κ3) is 4.19. The summed E-state index contributed by atoms with van der Waals surface area (Å²) in [6.07, 6.45) is 9.55. The number of carbonyl (C=O) groups is 1. The van der Waals surface area contributed by atoms with E-state index < -0.39 is 0 Å². The Morgan fingerprint density at radius 3 is 2.91 bits per heavy atom. The number of carbonyl (C=O) groups excluding carboxylic acids is 1. The summed E-state index contributed by atoms with van der Waals surface area (Å²) in [5.74, 6) is 0.639. The number of rotatable bonds is 5. The Morgan fingerprint density at radius 2 is 2.14 bits per heavy atom. The molecule has 120 valence electrons. The van der Waals surface area contributed by atoms with Gasteiger partial charge >= 0.3 is 0 Å². The molecule has 1 saturated carbocycles. The Balaban J connectivity index is 1.50. The summed E-state index contributed by atoms with van der Waals surface area (Å²) in [4.78, 5) is 16.2. The number of hydrogen-bond donors (Lipinski definition) is 1. The molecule has 1 aromatic heterocycles. The van der Waals surface area contributed by atoms with E-state index in [-0.39, 0.29) is 18.1 Å².